The standard InChI is InChI=1S/C51H82O20/c1-22-38(68-42-37(62)39(27(54)21-65-42)69-41-35(60)32(57)25(52)19-64-41)34(59)36(61)43(67-22)70-40-33(58)26(53)20-66-44(40)71-45(63)51-16-15-46(2,3)17-24(51)23-9-10-29-48(6)13-12-30(55)47(4,5)28(48)11-14-49(29,7)50(23,8)18-31(51)56/h9,22,24-44,52-62H,10-21H2,1-8H3/t22-,24-,25+,26-,27+,28-,29?,30-,31+,32-,33-,34-,35+,36+,37+,38-,39-,40+,41-,42-,43-,44-,48-,49+,50+,51+/m0/s1. The van der Waals surface area contributed by atoms with Gasteiger partial charge in [0.2, 0.25) is 6.29 Å². The summed E-state index contributed by atoms with van der Waals surface area (Å²) in [5.41, 5.74) is -1.36. The second-order valence-electron chi connectivity index (χ2n) is 25.0. The van der Waals surface area contributed by atoms with Crippen LogP contribution in [0.3, 0.4) is 0 Å². The summed E-state index contributed by atoms with van der Waals surface area (Å²) in [5, 5.41) is 121. The topological polar surface area (TPSA) is 313 Å². The molecule has 4 saturated heterocycles. The number of fused-ring (bicyclic) bond motifs is 7. The lowest BCUT2D eigenvalue weighted by Gasteiger charge is -2.71. The predicted molar refractivity (Wildman–Crippen MR) is 245 cm³/mol. The summed E-state index contributed by atoms with van der Waals surface area (Å²) in [6, 6.07) is 0. The number of esters is 1. The monoisotopic (exact) mass is 1010 g/mol. The molecule has 4 saturated carbocycles. The highest BCUT2D eigenvalue weighted by atomic mass is 16.8. The molecule has 0 radical (unpaired) electrons. The van der Waals surface area contributed by atoms with E-state index in [1.807, 2.05) is 0 Å². The van der Waals surface area contributed by atoms with Crippen molar-refractivity contribution in [1.82, 2.24) is 0 Å². The number of hydrogen-bond acceptors (Lipinski definition) is 20. The van der Waals surface area contributed by atoms with Crippen molar-refractivity contribution in [2.45, 2.75) is 230 Å². The van der Waals surface area contributed by atoms with Gasteiger partial charge in [-0.2, -0.15) is 0 Å². The van der Waals surface area contributed by atoms with Crippen LogP contribution in [0.5, 0.6) is 0 Å². The molecule has 0 bridgehead atoms. The van der Waals surface area contributed by atoms with Crippen LogP contribution in [0.4, 0.5) is 0 Å². The molecular formula is C51H82O20. The fourth-order valence-corrected chi connectivity index (χ4v) is 15.7. The van der Waals surface area contributed by atoms with E-state index in [0.717, 1.165) is 37.7 Å². The molecule has 20 nitrogen and oxygen atoms in total. The molecule has 9 rings (SSSR count). The summed E-state index contributed by atoms with van der Waals surface area (Å²) in [6.45, 7) is 16.0. The van der Waals surface area contributed by atoms with Crippen molar-refractivity contribution in [2.75, 3.05) is 19.8 Å². The van der Waals surface area contributed by atoms with E-state index in [1.165, 1.54) is 6.92 Å². The molecule has 4 heterocycles. The molecule has 406 valence electrons. The first-order chi connectivity index (χ1) is 33.1. The molecule has 8 fully saturated rings. The Balaban J connectivity index is 0.915. The molecule has 1 unspecified atom stereocenters. The Morgan fingerprint density at radius 1 is 0.577 bits per heavy atom. The van der Waals surface area contributed by atoms with Crippen molar-refractivity contribution in [3.63, 3.8) is 0 Å². The van der Waals surface area contributed by atoms with E-state index in [0.29, 0.717) is 37.5 Å². The molecule has 0 aromatic heterocycles. The lowest BCUT2D eigenvalue weighted by Crippen LogP contribution is -2.68. The van der Waals surface area contributed by atoms with Crippen LogP contribution in [0.15, 0.2) is 11.6 Å². The van der Waals surface area contributed by atoms with Crippen LogP contribution in [-0.2, 0) is 42.7 Å². The molecule has 11 N–H and O–H groups in total. The minimum atomic E-state index is -1.91. The zero-order chi connectivity index (χ0) is 51.7. The number of ether oxygens (including phenoxy) is 8. The number of carbonyl (C=O) groups is 1. The molecule has 5 aliphatic carbocycles. The number of allylic oxidation sites excluding steroid dienone is 2. The average molecular weight is 1020 g/mol. The SMILES string of the molecule is C[C@@H]1O[C@@H](O[C@H]2[C@H](OC(=O)[C@]34CCC(C)(C)C[C@H]3C3=CCC5[C@@]6(C)CC[C@H](O)C(C)(C)[C@@H]6CC[C@@]5(C)[C@]3(C)C[C@H]4O)OC[C@H](O)[C@@H]2O)[C@H](O)[C@H](O)[C@H]1O[C@@H]1OC[C@@H](O)[C@H](O[C@@H]2OC[C@@H](O)[C@H](O)[C@H]2O)[C@H]1O. The van der Waals surface area contributed by atoms with Gasteiger partial charge in [-0.15, -0.1) is 0 Å². The zero-order valence-corrected chi connectivity index (χ0v) is 42.4. The number of aliphatic hydroxyl groups is 11. The summed E-state index contributed by atoms with van der Waals surface area (Å²) in [4.78, 5) is 15.2. The molecule has 26 atom stereocenters. The summed E-state index contributed by atoms with van der Waals surface area (Å²) in [7, 11) is 0. The van der Waals surface area contributed by atoms with Crippen LogP contribution in [0, 0.1) is 50.2 Å². The first-order valence-corrected chi connectivity index (χ1v) is 26.0. The van der Waals surface area contributed by atoms with Gasteiger partial charge in [0.15, 0.2) is 25.0 Å². The van der Waals surface area contributed by atoms with Crippen molar-refractivity contribution in [2.24, 2.45) is 50.2 Å². The first-order valence-electron chi connectivity index (χ1n) is 26.0. The molecule has 4 aliphatic heterocycles. The lowest BCUT2D eigenvalue weighted by atomic mass is 9.33. The Morgan fingerprint density at radius 3 is 1.86 bits per heavy atom. The van der Waals surface area contributed by atoms with Crippen LogP contribution in [0.1, 0.15) is 113 Å². The maximum Gasteiger partial charge on any atom is 0.317 e. The minimum absolute atomic E-state index is 0.0349. The Hall–Kier alpha value is -1.51. The second kappa shape index (κ2) is 19.2. The Kier molecular flexibility index (Phi) is 14.7. The molecular weight excluding hydrogens is 933 g/mol. The minimum Gasteiger partial charge on any atom is -0.432 e. The molecule has 0 aromatic carbocycles. The highest BCUT2D eigenvalue weighted by Gasteiger charge is 2.72. The largest absolute Gasteiger partial charge is 0.432 e. The van der Waals surface area contributed by atoms with Gasteiger partial charge in [-0.25, -0.2) is 0 Å². The van der Waals surface area contributed by atoms with Gasteiger partial charge in [-0.05, 0) is 110 Å². The maximum atomic E-state index is 15.2. The Bertz CT molecular complexity index is 1970. The van der Waals surface area contributed by atoms with Crippen LogP contribution in [0.2, 0.25) is 0 Å². The molecule has 20 heteroatoms. The molecule has 0 spiro atoms. The number of rotatable bonds is 8. The van der Waals surface area contributed by atoms with Gasteiger partial charge in [0.05, 0.1) is 38.1 Å². The number of carbonyl (C=O) groups excluding carboxylic acids is 1. The maximum absolute atomic E-state index is 15.2. The Morgan fingerprint density at radius 2 is 1.17 bits per heavy atom. The van der Waals surface area contributed by atoms with Gasteiger partial charge in [-0.3, -0.25) is 4.79 Å². The Labute approximate surface area is 415 Å². The van der Waals surface area contributed by atoms with Crippen molar-refractivity contribution in [1.29, 1.82) is 0 Å². The van der Waals surface area contributed by atoms with Crippen LogP contribution in [0.25, 0.3) is 0 Å². The van der Waals surface area contributed by atoms with E-state index in [-0.39, 0.29) is 27.8 Å². The summed E-state index contributed by atoms with van der Waals surface area (Å²) >= 11 is 0. The fourth-order valence-electron chi connectivity index (χ4n) is 15.7. The average Bonchev–Trinajstić information content (AvgIpc) is 3.30. The van der Waals surface area contributed by atoms with Crippen LogP contribution in [-0.4, -0.2) is 199 Å². The van der Waals surface area contributed by atoms with Crippen molar-refractivity contribution in [3.8, 4) is 0 Å². The fraction of sp³-hybridized carbons (Fsp3) is 0.941. The summed E-state index contributed by atoms with van der Waals surface area (Å²) in [6.07, 6.45) is -20.1. The van der Waals surface area contributed by atoms with Gasteiger partial charge >= 0.3 is 5.97 Å². The molecule has 71 heavy (non-hydrogen) atoms. The van der Waals surface area contributed by atoms with E-state index in [9.17, 15) is 56.2 Å². The van der Waals surface area contributed by atoms with Crippen LogP contribution >= 0.6 is 0 Å². The first kappa shape index (κ1) is 54.3. The second-order valence-corrected chi connectivity index (χ2v) is 25.0. The summed E-state index contributed by atoms with van der Waals surface area (Å²) < 4.78 is 46.6. The van der Waals surface area contributed by atoms with Gasteiger partial charge in [0, 0.05) is 0 Å². The van der Waals surface area contributed by atoms with Gasteiger partial charge in [0.1, 0.15) is 72.6 Å². The van der Waals surface area contributed by atoms with E-state index in [2.05, 4.69) is 54.5 Å². The highest BCUT2D eigenvalue weighted by molar-refractivity contribution is 5.80. The smallest absolute Gasteiger partial charge is 0.317 e. The number of hydrogen-bond donors (Lipinski definition) is 11. The van der Waals surface area contributed by atoms with E-state index in [1.54, 1.807) is 0 Å². The van der Waals surface area contributed by atoms with E-state index in [4.69, 9.17) is 37.9 Å². The van der Waals surface area contributed by atoms with Crippen LogP contribution < -0.4 is 0 Å². The molecule has 9 aliphatic rings. The van der Waals surface area contributed by atoms with E-state index >= 15 is 4.79 Å². The van der Waals surface area contributed by atoms with Crippen molar-refractivity contribution >= 4 is 5.97 Å². The van der Waals surface area contributed by atoms with Gasteiger partial charge in [-0.1, -0.05) is 60.1 Å². The third-order valence-corrected chi connectivity index (χ3v) is 20.2. The van der Waals surface area contributed by atoms with Crippen molar-refractivity contribution < 1.29 is 98.9 Å². The zero-order valence-electron chi connectivity index (χ0n) is 42.4. The summed E-state index contributed by atoms with van der Waals surface area (Å²) in [5.74, 6) is -0.511. The van der Waals surface area contributed by atoms with Gasteiger partial charge in [0.25, 0.3) is 0 Å². The van der Waals surface area contributed by atoms with Gasteiger partial charge < -0.3 is 94.1 Å². The predicted octanol–water partition coefficient (Wildman–Crippen LogP) is -0.120. The quantitative estimate of drug-likeness (QED) is 0.112. The molecule has 0 amide bonds. The van der Waals surface area contributed by atoms with E-state index < -0.39 is 153 Å². The number of aliphatic hydroxyl groups excluding tert-OH is 11. The highest BCUT2D eigenvalue weighted by Crippen LogP contribution is 2.76. The normalized spacial score (nSPS) is 54.8. The third-order valence-electron chi connectivity index (χ3n) is 20.2. The van der Waals surface area contributed by atoms with Crippen molar-refractivity contribution in [3.05, 3.63) is 11.6 Å². The third kappa shape index (κ3) is 8.71. The lowest BCUT2D eigenvalue weighted by molar-refractivity contribution is -0.375. The molecule has 0 aromatic rings.